The van der Waals surface area contributed by atoms with Gasteiger partial charge in [0.25, 0.3) is 0 Å². The molecule has 0 aliphatic heterocycles. The van der Waals surface area contributed by atoms with E-state index in [0.717, 1.165) is 63.0 Å². The van der Waals surface area contributed by atoms with Gasteiger partial charge in [0, 0.05) is 21.8 Å². The van der Waals surface area contributed by atoms with E-state index in [2.05, 4.69) is 87.8 Å². The van der Waals surface area contributed by atoms with Crippen LogP contribution in [0.4, 0.5) is 4.79 Å². The number of nitrogens with one attached hydrogen (secondary N) is 1. The van der Waals surface area contributed by atoms with Gasteiger partial charge in [-0.2, -0.15) is 0 Å². The number of halogens is 1. The molecule has 2 heterocycles. The highest BCUT2D eigenvalue weighted by molar-refractivity contribution is 9.10. The number of hydrogen-bond acceptors (Lipinski definition) is 3. The highest BCUT2D eigenvalue weighted by Gasteiger charge is 2.40. The van der Waals surface area contributed by atoms with Gasteiger partial charge in [0.15, 0.2) is 0 Å². The van der Waals surface area contributed by atoms with Crippen molar-refractivity contribution in [3.63, 3.8) is 0 Å². The number of carbonyl (C=O) groups is 1. The first kappa shape index (κ1) is 22.4. The molecular weight excluding hydrogens is 490 g/mol. The van der Waals surface area contributed by atoms with Crippen LogP contribution in [0.15, 0.2) is 83.7 Å². The number of carbonyl (C=O) groups excluding carboxylic acids is 1. The molecule has 6 heteroatoms. The molecule has 1 N–H and O–H groups in total. The molecule has 0 saturated heterocycles. The second-order valence-electron chi connectivity index (χ2n) is 8.94. The molecule has 0 radical (unpaired) electrons. The van der Waals surface area contributed by atoms with Crippen molar-refractivity contribution in [3.05, 3.63) is 94.8 Å². The number of rotatable bonds is 5. The molecule has 1 amide bonds. The molecule has 2 aromatic carbocycles. The van der Waals surface area contributed by atoms with Crippen LogP contribution in [0.1, 0.15) is 37.3 Å². The fraction of sp³-hybridized carbons (Fsp3) is 0.214. The van der Waals surface area contributed by atoms with Crippen molar-refractivity contribution in [2.24, 2.45) is 0 Å². The minimum atomic E-state index is -0.455. The number of fused-ring (bicyclic) bond motifs is 1. The molecule has 1 fully saturated rings. The zero-order valence-electron chi connectivity index (χ0n) is 19.3. The van der Waals surface area contributed by atoms with Gasteiger partial charge in [0.05, 0.1) is 22.7 Å². The average Bonchev–Trinajstić information content (AvgIpc) is 3.16. The highest BCUT2D eigenvalue weighted by atomic mass is 79.9. The van der Waals surface area contributed by atoms with Crippen LogP contribution in [0.3, 0.4) is 0 Å². The van der Waals surface area contributed by atoms with Crippen molar-refractivity contribution in [1.82, 2.24) is 14.7 Å². The average molecular weight is 516 g/mol. The summed E-state index contributed by atoms with van der Waals surface area (Å²) in [6.45, 7) is 7.40. The maximum absolute atomic E-state index is 12.3. The molecule has 1 aliphatic carbocycles. The predicted molar refractivity (Wildman–Crippen MR) is 138 cm³/mol. The third-order valence-electron chi connectivity index (χ3n) is 6.44. The lowest BCUT2D eigenvalue weighted by atomic mass is 9.71. The molecule has 0 bridgehead atoms. The number of allylic oxidation sites excluding steroid dienone is 1. The summed E-state index contributed by atoms with van der Waals surface area (Å²) in [5.74, 6) is 0.379. The number of hydrogen-bond donors (Lipinski definition) is 1. The van der Waals surface area contributed by atoms with E-state index in [1.165, 1.54) is 0 Å². The van der Waals surface area contributed by atoms with Crippen molar-refractivity contribution in [3.8, 4) is 22.5 Å². The predicted octanol–water partition coefficient (Wildman–Crippen LogP) is 7.38. The zero-order chi connectivity index (χ0) is 23.9. The highest BCUT2D eigenvalue weighted by Crippen LogP contribution is 2.42. The van der Waals surface area contributed by atoms with E-state index in [0.29, 0.717) is 5.76 Å². The summed E-state index contributed by atoms with van der Waals surface area (Å²) in [5, 5.41) is 3.06. The maximum Gasteiger partial charge on any atom is 0.412 e. The van der Waals surface area contributed by atoms with E-state index in [9.17, 15) is 4.79 Å². The molecule has 2 aromatic heterocycles. The number of amides is 1. The van der Waals surface area contributed by atoms with Gasteiger partial charge in [0.2, 0.25) is 0 Å². The topological polar surface area (TPSA) is 55.6 Å². The minimum Gasteiger partial charge on any atom is -0.416 e. The molecule has 5 nitrogen and oxygen atoms in total. The molecule has 1 saturated carbocycles. The summed E-state index contributed by atoms with van der Waals surface area (Å²) in [4.78, 5) is 17.3. The van der Waals surface area contributed by atoms with Gasteiger partial charge >= 0.3 is 6.09 Å². The van der Waals surface area contributed by atoms with Gasteiger partial charge in [-0.25, -0.2) is 9.78 Å². The zero-order valence-corrected chi connectivity index (χ0v) is 20.9. The van der Waals surface area contributed by atoms with Gasteiger partial charge in [-0.1, -0.05) is 61.2 Å². The Labute approximate surface area is 207 Å². The van der Waals surface area contributed by atoms with E-state index in [4.69, 9.17) is 9.72 Å². The molecule has 0 unspecified atom stereocenters. The quantitative estimate of drug-likeness (QED) is 0.282. The molecule has 172 valence electrons. The normalized spacial score (nSPS) is 14.4. The van der Waals surface area contributed by atoms with Crippen molar-refractivity contribution in [2.75, 3.05) is 0 Å². The van der Waals surface area contributed by atoms with E-state index < -0.39 is 11.6 Å². The van der Waals surface area contributed by atoms with Crippen molar-refractivity contribution in [2.45, 2.75) is 38.6 Å². The summed E-state index contributed by atoms with van der Waals surface area (Å²) >= 11 is 3.64. The Bertz CT molecular complexity index is 1390. The van der Waals surface area contributed by atoms with Gasteiger partial charge in [-0.15, -0.1) is 0 Å². The smallest absolute Gasteiger partial charge is 0.412 e. The summed E-state index contributed by atoms with van der Waals surface area (Å²) in [6.07, 6.45) is 4.44. The number of imidazole rings is 1. The monoisotopic (exact) mass is 515 g/mol. The Morgan fingerprint density at radius 2 is 1.82 bits per heavy atom. The Morgan fingerprint density at radius 1 is 1.12 bits per heavy atom. The fourth-order valence-corrected chi connectivity index (χ4v) is 5.23. The van der Waals surface area contributed by atoms with E-state index in [1.807, 2.05) is 18.2 Å². The number of aryl methyl sites for hydroxylation is 1. The molecule has 0 atom stereocenters. The second-order valence-corrected chi connectivity index (χ2v) is 9.86. The SMILES string of the molecule is C=C(C)OC(=O)NC1(c2ccc(-c3nc4c(C)cc(Br)cn4c3-c3ccccc3)cc2)CCC1. The summed E-state index contributed by atoms with van der Waals surface area (Å²) in [5.41, 5.74) is 6.82. The Hall–Kier alpha value is -3.38. The largest absolute Gasteiger partial charge is 0.416 e. The third-order valence-corrected chi connectivity index (χ3v) is 6.88. The molecule has 1 aliphatic rings. The number of aromatic nitrogens is 2. The van der Waals surface area contributed by atoms with Crippen molar-refractivity contribution >= 4 is 27.7 Å². The van der Waals surface area contributed by atoms with Crippen LogP contribution in [0.5, 0.6) is 0 Å². The van der Waals surface area contributed by atoms with Crippen LogP contribution in [0.2, 0.25) is 0 Å². The van der Waals surface area contributed by atoms with Crippen LogP contribution >= 0.6 is 15.9 Å². The summed E-state index contributed by atoms with van der Waals surface area (Å²) in [7, 11) is 0. The lowest BCUT2D eigenvalue weighted by Crippen LogP contribution is -2.50. The molecule has 34 heavy (non-hydrogen) atoms. The first-order chi connectivity index (χ1) is 16.4. The number of ether oxygens (including phenoxy) is 1. The summed E-state index contributed by atoms with van der Waals surface area (Å²) < 4.78 is 8.32. The minimum absolute atomic E-state index is 0.379. The number of nitrogens with zero attached hydrogens (tertiary/aromatic N) is 2. The Balaban J connectivity index is 1.57. The van der Waals surface area contributed by atoms with Crippen LogP contribution < -0.4 is 5.32 Å². The molecule has 4 aromatic rings. The number of pyridine rings is 1. The Morgan fingerprint density at radius 3 is 2.44 bits per heavy atom. The van der Waals surface area contributed by atoms with Gasteiger partial charge in [-0.3, -0.25) is 4.40 Å². The lowest BCUT2D eigenvalue weighted by molar-refractivity contribution is 0.132. The van der Waals surface area contributed by atoms with Crippen LogP contribution in [-0.2, 0) is 10.3 Å². The van der Waals surface area contributed by atoms with E-state index in [1.54, 1.807) is 6.92 Å². The van der Waals surface area contributed by atoms with E-state index >= 15 is 0 Å². The van der Waals surface area contributed by atoms with Crippen molar-refractivity contribution < 1.29 is 9.53 Å². The first-order valence-electron chi connectivity index (χ1n) is 11.4. The maximum atomic E-state index is 12.3. The standard InChI is InChI=1S/C28H26BrN3O2/c1-18(2)34-27(33)31-28(14-7-15-28)22-12-10-20(11-13-22)24-25(21-8-5-4-6-9-21)32-17-23(29)16-19(3)26(32)30-24/h4-6,8-13,16-17H,1,7,14-15H2,2-3H3,(H,31,33). The van der Waals surface area contributed by atoms with Gasteiger partial charge in [0.1, 0.15) is 5.65 Å². The Kier molecular flexibility index (Phi) is 5.78. The molecular formula is C28H26BrN3O2. The molecule has 0 spiro atoms. The van der Waals surface area contributed by atoms with Gasteiger partial charge < -0.3 is 10.1 Å². The first-order valence-corrected chi connectivity index (χ1v) is 12.2. The van der Waals surface area contributed by atoms with Crippen LogP contribution in [0, 0.1) is 6.92 Å². The van der Waals surface area contributed by atoms with Crippen molar-refractivity contribution in [1.29, 1.82) is 0 Å². The second kappa shape index (κ2) is 8.76. The van der Waals surface area contributed by atoms with Crippen LogP contribution in [0.25, 0.3) is 28.2 Å². The number of benzene rings is 2. The van der Waals surface area contributed by atoms with Gasteiger partial charge in [-0.05, 0) is 66.2 Å². The number of alkyl carbamates (subject to hydrolysis) is 1. The fourth-order valence-electron chi connectivity index (χ4n) is 4.68. The summed E-state index contributed by atoms with van der Waals surface area (Å²) in [6, 6.07) is 20.8. The lowest BCUT2D eigenvalue weighted by Gasteiger charge is -2.42. The van der Waals surface area contributed by atoms with E-state index in [-0.39, 0.29) is 0 Å². The molecule has 5 rings (SSSR count). The third kappa shape index (κ3) is 4.03. The van der Waals surface area contributed by atoms with Crippen LogP contribution in [-0.4, -0.2) is 15.5 Å².